The van der Waals surface area contributed by atoms with Crippen molar-refractivity contribution in [3.05, 3.63) is 48.0 Å². The Bertz CT molecular complexity index is 1170. The first-order chi connectivity index (χ1) is 16.2. The van der Waals surface area contributed by atoms with Crippen LogP contribution in [0.1, 0.15) is 30.1 Å². The maximum absolute atomic E-state index is 12.8. The molecule has 0 radical (unpaired) electrons. The Balaban J connectivity index is 1.48. The van der Waals surface area contributed by atoms with Gasteiger partial charge in [0.15, 0.2) is 6.10 Å². The summed E-state index contributed by atoms with van der Waals surface area (Å²) < 4.78 is 32.6. The molecule has 10 heteroatoms. The van der Waals surface area contributed by atoms with Crippen molar-refractivity contribution in [2.75, 3.05) is 50.5 Å². The molecule has 2 aromatic rings. The number of amides is 2. The highest BCUT2D eigenvalue weighted by molar-refractivity contribution is 7.89. The highest BCUT2D eigenvalue weighted by Crippen LogP contribution is 2.36. The fraction of sp³-hybridized carbons (Fsp3) is 0.417. The molecule has 1 atom stereocenters. The number of likely N-dealkylation sites (N-methyl/N-ethyl adjacent to an activating group) is 1. The summed E-state index contributed by atoms with van der Waals surface area (Å²) in [6.45, 7) is 4.01. The summed E-state index contributed by atoms with van der Waals surface area (Å²) >= 11 is 0. The molecule has 1 saturated heterocycles. The molecule has 0 aromatic heterocycles. The van der Waals surface area contributed by atoms with Crippen molar-refractivity contribution < 1.29 is 22.7 Å². The lowest BCUT2D eigenvalue weighted by molar-refractivity contribution is -0.125. The molecule has 1 fully saturated rings. The van der Waals surface area contributed by atoms with Crippen LogP contribution in [0, 0.1) is 0 Å². The van der Waals surface area contributed by atoms with Gasteiger partial charge in [-0.15, -0.1) is 0 Å². The number of rotatable bonds is 7. The summed E-state index contributed by atoms with van der Waals surface area (Å²) in [5, 5.41) is 2.82. The lowest BCUT2D eigenvalue weighted by atomic mass is 10.1. The molecule has 0 spiro atoms. The SMILES string of the molecule is CC1Oc2cc(NC(=O)c3ccc(S(=O)(=O)N4CCCC4)cc3)ccc2N(CCN(C)C)C1=O. The van der Waals surface area contributed by atoms with E-state index < -0.39 is 16.1 Å². The molecule has 9 nitrogen and oxygen atoms in total. The first-order valence-electron chi connectivity index (χ1n) is 11.4. The van der Waals surface area contributed by atoms with Gasteiger partial charge in [-0.05, 0) is 70.3 Å². The monoisotopic (exact) mass is 486 g/mol. The fourth-order valence-electron chi connectivity index (χ4n) is 4.08. The third-order valence-electron chi connectivity index (χ3n) is 6.02. The highest BCUT2D eigenvalue weighted by Gasteiger charge is 2.31. The van der Waals surface area contributed by atoms with Gasteiger partial charge in [-0.1, -0.05) is 0 Å². The van der Waals surface area contributed by atoms with E-state index >= 15 is 0 Å². The number of carbonyl (C=O) groups is 2. The van der Waals surface area contributed by atoms with Crippen LogP contribution in [0.3, 0.4) is 0 Å². The van der Waals surface area contributed by atoms with Gasteiger partial charge in [0.25, 0.3) is 11.8 Å². The number of carbonyl (C=O) groups excluding carboxylic acids is 2. The minimum Gasteiger partial charge on any atom is -0.479 e. The molecule has 182 valence electrons. The Morgan fingerprint density at radius 2 is 1.79 bits per heavy atom. The molecule has 0 saturated carbocycles. The maximum atomic E-state index is 12.8. The van der Waals surface area contributed by atoms with Gasteiger partial charge in [0, 0.05) is 43.5 Å². The Hall–Kier alpha value is -2.95. The first-order valence-corrected chi connectivity index (χ1v) is 12.8. The molecule has 0 bridgehead atoms. The van der Waals surface area contributed by atoms with Crippen LogP contribution in [0.15, 0.2) is 47.4 Å². The average Bonchev–Trinajstić information content (AvgIpc) is 3.35. The topological polar surface area (TPSA) is 99.3 Å². The minimum absolute atomic E-state index is 0.102. The smallest absolute Gasteiger partial charge is 0.267 e. The zero-order valence-electron chi connectivity index (χ0n) is 19.7. The third kappa shape index (κ3) is 4.94. The van der Waals surface area contributed by atoms with Crippen LogP contribution in [0.5, 0.6) is 5.75 Å². The quantitative estimate of drug-likeness (QED) is 0.645. The van der Waals surface area contributed by atoms with Crippen molar-refractivity contribution in [3.63, 3.8) is 0 Å². The van der Waals surface area contributed by atoms with Crippen molar-refractivity contribution in [1.29, 1.82) is 0 Å². The zero-order chi connectivity index (χ0) is 24.5. The average molecular weight is 487 g/mol. The van der Waals surface area contributed by atoms with Gasteiger partial charge in [-0.3, -0.25) is 9.59 Å². The van der Waals surface area contributed by atoms with Gasteiger partial charge in [0.2, 0.25) is 10.0 Å². The summed E-state index contributed by atoms with van der Waals surface area (Å²) in [5.74, 6) is 0.0558. The van der Waals surface area contributed by atoms with Crippen molar-refractivity contribution in [2.24, 2.45) is 0 Å². The number of anilines is 2. The molecular formula is C24H30N4O5S. The van der Waals surface area contributed by atoms with E-state index in [4.69, 9.17) is 4.74 Å². The lowest BCUT2D eigenvalue weighted by Gasteiger charge is -2.34. The van der Waals surface area contributed by atoms with Gasteiger partial charge in [0.1, 0.15) is 5.75 Å². The number of fused-ring (bicyclic) bond motifs is 1. The number of benzene rings is 2. The zero-order valence-corrected chi connectivity index (χ0v) is 20.5. The Morgan fingerprint density at radius 3 is 2.44 bits per heavy atom. The van der Waals surface area contributed by atoms with Gasteiger partial charge >= 0.3 is 0 Å². The molecule has 4 rings (SSSR count). The molecule has 2 aliphatic rings. The second-order valence-corrected chi connectivity index (χ2v) is 10.8. The van der Waals surface area contributed by atoms with Gasteiger partial charge in [0.05, 0.1) is 10.6 Å². The van der Waals surface area contributed by atoms with E-state index in [1.807, 2.05) is 19.0 Å². The minimum atomic E-state index is -3.53. The predicted molar refractivity (Wildman–Crippen MR) is 130 cm³/mol. The molecular weight excluding hydrogens is 456 g/mol. The fourth-order valence-corrected chi connectivity index (χ4v) is 5.60. The van der Waals surface area contributed by atoms with E-state index in [1.165, 1.54) is 28.6 Å². The molecule has 34 heavy (non-hydrogen) atoms. The van der Waals surface area contributed by atoms with E-state index in [0.29, 0.717) is 48.9 Å². The van der Waals surface area contributed by atoms with Crippen molar-refractivity contribution in [3.8, 4) is 5.75 Å². The molecule has 2 amide bonds. The summed E-state index contributed by atoms with van der Waals surface area (Å²) in [6, 6.07) is 11.1. The maximum Gasteiger partial charge on any atom is 0.267 e. The second kappa shape index (κ2) is 9.73. The van der Waals surface area contributed by atoms with Crippen molar-refractivity contribution >= 4 is 33.2 Å². The molecule has 2 heterocycles. The van der Waals surface area contributed by atoms with E-state index in [9.17, 15) is 18.0 Å². The van der Waals surface area contributed by atoms with Gasteiger partial charge in [-0.2, -0.15) is 4.31 Å². The standard InChI is InChI=1S/C24H30N4O5S/c1-17-24(30)28(15-14-26(2)3)21-11-8-19(16-22(21)33-17)25-23(29)18-6-9-20(10-7-18)34(31,32)27-12-4-5-13-27/h6-11,16-17H,4-5,12-15H2,1-3H3,(H,25,29). The predicted octanol–water partition coefficient (Wildman–Crippen LogP) is 2.40. The van der Waals surface area contributed by atoms with Crippen molar-refractivity contribution in [2.45, 2.75) is 30.8 Å². The number of nitrogens with one attached hydrogen (secondary N) is 1. The summed E-state index contributed by atoms with van der Waals surface area (Å²) in [7, 11) is 0.368. The Morgan fingerprint density at radius 1 is 1.12 bits per heavy atom. The second-order valence-electron chi connectivity index (χ2n) is 8.83. The molecule has 1 unspecified atom stereocenters. The summed E-state index contributed by atoms with van der Waals surface area (Å²) in [6.07, 6.45) is 1.11. The normalized spacial score (nSPS) is 18.6. The van der Waals surface area contributed by atoms with Gasteiger partial charge < -0.3 is 19.9 Å². The molecule has 1 N–H and O–H groups in total. The number of ether oxygens (including phenoxy) is 1. The van der Waals surface area contributed by atoms with E-state index in [-0.39, 0.29) is 16.7 Å². The van der Waals surface area contributed by atoms with Crippen LogP contribution in [-0.2, 0) is 14.8 Å². The van der Waals surface area contributed by atoms with Gasteiger partial charge in [-0.25, -0.2) is 8.42 Å². The number of nitrogens with zero attached hydrogens (tertiary/aromatic N) is 3. The first kappa shape index (κ1) is 24.2. The van der Waals surface area contributed by atoms with Crippen LogP contribution in [0.25, 0.3) is 0 Å². The Kier molecular flexibility index (Phi) is 6.92. The third-order valence-corrected chi connectivity index (χ3v) is 7.93. The summed E-state index contributed by atoms with van der Waals surface area (Å²) in [5.41, 5.74) is 1.53. The lowest BCUT2D eigenvalue weighted by Crippen LogP contribution is -2.46. The summed E-state index contributed by atoms with van der Waals surface area (Å²) in [4.78, 5) is 29.3. The van der Waals surface area contributed by atoms with Crippen LogP contribution in [0.2, 0.25) is 0 Å². The number of hydrogen-bond acceptors (Lipinski definition) is 6. The van der Waals surface area contributed by atoms with Crippen LogP contribution in [0.4, 0.5) is 11.4 Å². The molecule has 2 aromatic carbocycles. The number of hydrogen-bond donors (Lipinski definition) is 1. The van der Waals surface area contributed by atoms with E-state index in [1.54, 1.807) is 30.0 Å². The van der Waals surface area contributed by atoms with Crippen LogP contribution in [-0.4, -0.2) is 75.8 Å². The molecule has 0 aliphatic carbocycles. The Labute approximate surface area is 200 Å². The molecule has 2 aliphatic heterocycles. The van der Waals surface area contributed by atoms with E-state index in [0.717, 1.165) is 12.8 Å². The van der Waals surface area contributed by atoms with Crippen LogP contribution < -0.4 is 15.0 Å². The highest BCUT2D eigenvalue weighted by atomic mass is 32.2. The number of sulfonamides is 1. The largest absolute Gasteiger partial charge is 0.479 e. The van der Waals surface area contributed by atoms with E-state index in [2.05, 4.69) is 5.32 Å². The van der Waals surface area contributed by atoms with Crippen LogP contribution >= 0.6 is 0 Å². The van der Waals surface area contributed by atoms with Crippen molar-refractivity contribution in [1.82, 2.24) is 9.21 Å².